The van der Waals surface area contributed by atoms with Crippen molar-refractivity contribution in [1.82, 2.24) is 10.6 Å². The fraction of sp³-hybridized carbons (Fsp3) is 0.417. The Balaban J connectivity index is 0.00000363. The Kier molecular flexibility index (Phi) is 11.3. The van der Waals surface area contributed by atoms with Gasteiger partial charge < -0.3 is 25.0 Å². The van der Waals surface area contributed by atoms with E-state index in [1.165, 1.54) is 5.56 Å². The third-order valence-corrected chi connectivity index (χ3v) is 5.13. The van der Waals surface area contributed by atoms with Gasteiger partial charge in [-0.1, -0.05) is 42.5 Å². The molecule has 1 heterocycles. The summed E-state index contributed by atoms with van der Waals surface area (Å²) in [6.07, 6.45) is 1.78. The average molecular weight is 552 g/mol. The average Bonchev–Trinajstić information content (AvgIpc) is 2.81. The van der Waals surface area contributed by atoms with Crippen LogP contribution in [0.4, 0.5) is 5.69 Å². The quantitative estimate of drug-likeness (QED) is 0.203. The number of aliphatic imine (C=N–C) groups is 1. The molecule has 174 valence electrons. The standard InChI is InChI=1S/C24H32N4O3.HI/c1-19(20-10-4-3-5-11-20)30-17-9-15-27-24(25-2)26-14-8-16-28-21-12-6-7-13-22(21)31-18-23(28)29;/h3-7,10-13,19H,8-9,14-18H2,1-2H3,(H2,25,26,27);1H. The number of halogens is 1. The summed E-state index contributed by atoms with van der Waals surface area (Å²) in [4.78, 5) is 18.3. The van der Waals surface area contributed by atoms with E-state index in [4.69, 9.17) is 9.47 Å². The van der Waals surface area contributed by atoms with Crippen LogP contribution in [0.5, 0.6) is 5.75 Å². The summed E-state index contributed by atoms with van der Waals surface area (Å²) in [5, 5.41) is 6.61. The van der Waals surface area contributed by atoms with Gasteiger partial charge in [-0.05, 0) is 37.5 Å². The highest BCUT2D eigenvalue weighted by atomic mass is 127. The molecule has 0 saturated heterocycles. The number of rotatable bonds is 10. The first-order valence-electron chi connectivity index (χ1n) is 10.8. The zero-order valence-electron chi connectivity index (χ0n) is 18.8. The highest BCUT2D eigenvalue weighted by Gasteiger charge is 2.24. The zero-order valence-corrected chi connectivity index (χ0v) is 21.1. The SMILES string of the molecule is CN=C(NCCCOC(C)c1ccccc1)NCCCN1C(=O)COc2ccccc21.I. The van der Waals surface area contributed by atoms with Crippen LogP contribution in [-0.4, -0.2) is 51.8 Å². The van der Waals surface area contributed by atoms with Crippen LogP contribution >= 0.6 is 24.0 Å². The van der Waals surface area contributed by atoms with E-state index in [2.05, 4.69) is 34.7 Å². The molecule has 0 saturated carbocycles. The van der Waals surface area contributed by atoms with Gasteiger partial charge in [0.2, 0.25) is 0 Å². The Morgan fingerprint density at radius 1 is 1.09 bits per heavy atom. The molecule has 1 amide bonds. The third-order valence-electron chi connectivity index (χ3n) is 5.13. The molecule has 2 N–H and O–H groups in total. The second-order valence-corrected chi connectivity index (χ2v) is 7.36. The van der Waals surface area contributed by atoms with E-state index in [9.17, 15) is 4.79 Å². The Labute approximate surface area is 207 Å². The summed E-state index contributed by atoms with van der Waals surface area (Å²) in [6, 6.07) is 17.9. The predicted molar refractivity (Wildman–Crippen MR) is 139 cm³/mol. The second kappa shape index (κ2) is 13.9. The van der Waals surface area contributed by atoms with Gasteiger partial charge in [-0.2, -0.15) is 0 Å². The minimum Gasteiger partial charge on any atom is -0.482 e. The predicted octanol–water partition coefficient (Wildman–Crippen LogP) is 3.75. The number of nitrogens with one attached hydrogen (secondary N) is 2. The lowest BCUT2D eigenvalue weighted by molar-refractivity contribution is -0.121. The van der Waals surface area contributed by atoms with Crippen LogP contribution in [0.25, 0.3) is 0 Å². The van der Waals surface area contributed by atoms with Crippen LogP contribution in [0.3, 0.4) is 0 Å². The monoisotopic (exact) mass is 552 g/mol. The van der Waals surface area contributed by atoms with Crippen LogP contribution in [0.2, 0.25) is 0 Å². The number of guanidine groups is 1. The highest BCUT2D eigenvalue weighted by Crippen LogP contribution is 2.31. The molecule has 0 aromatic heterocycles. The van der Waals surface area contributed by atoms with Gasteiger partial charge in [0.25, 0.3) is 5.91 Å². The molecule has 1 atom stereocenters. The molecule has 0 fully saturated rings. The molecule has 2 aromatic rings. The summed E-state index contributed by atoms with van der Waals surface area (Å²) >= 11 is 0. The van der Waals surface area contributed by atoms with Gasteiger partial charge in [-0.25, -0.2) is 0 Å². The molecule has 0 bridgehead atoms. The van der Waals surface area contributed by atoms with Crippen LogP contribution in [-0.2, 0) is 9.53 Å². The molecule has 0 radical (unpaired) electrons. The van der Waals surface area contributed by atoms with E-state index in [-0.39, 0.29) is 42.6 Å². The van der Waals surface area contributed by atoms with Crippen molar-refractivity contribution >= 4 is 41.5 Å². The number of hydrogen-bond acceptors (Lipinski definition) is 4. The molecule has 7 nitrogen and oxygen atoms in total. The van der Waals surface area contributed by atoms with Crippen molar-refractivity contribution < 1.29 is 14.3 Å². The van der Waals surface area contributed by atoms with Gasteiger partial charge in [0.05, 0.1) is 11.8 Å². The maximum absolute atomic E-state index is 12.2. The summed E-state index contributed by atoms with van der Waals surface area (Å²) in [5.41, 5.74) is 2.03. The minimum atomic E-state index is -0.00839. The Morgan fingerprint density at radius 3 is 2.53 bits per heavy atom. The Bertz CT molecular complexity index is 863. The normalized spacial score (nSPS) is 14.1. The topological polar surface area (TPSA) is 75.2 Å². The van der Waals surface area contributed by atoms with E-state index >= 15 is 0 Å². The van der Waals surface area contributed by atoms with Crippen LogP contribution in [0.15, 0.2) is 59.6 Å². The smallest absolute Gasteiger partial charge is 0.265 e. The Hall–Kier alpha value is -2.33. The molecule has 1 unspecified atom stereocenters. The van der Waals surface area contributed by atoms with Gasteiger partial charge in [-0.3, -0.25) is 9.79 Å². The molecule has 1 aliphatic heterocycles. The van der Waals surface area contributed by atoms with Crippen LogP contribution < -0.4 is 20.3 Å². The molecule has 2 aromatic carbocycles. The van der Waals surface area contributed by atoms with Gasteiger partial charge in [0, 0.05) is 33.3 Å². The number of carbonyl (C=O) groups is 1. The number of nitrogens with zero attached hydrogens (tertiary/aromatic N) is 2. The summed E-state index contributed by atoms with van der Waals surface area (Å²) in [6.45, 7) is 4.97. The van der Waals surface area contributed by atoms with E-state index < -0.39 is 0 Å². The molecule has 1 aliphatic rings. The fourth-order valence-electron chi connectivity index (χ4n) is 3.42. The summed E-state index contributed by atoms with van der Waals surface area (Å²) in [7, 11) is 1.76. The largest absolute Gasteiger partial charge is 0.482 e. The zero-order chi connectivity index (χ0) is 21.9. The molecular formula is C24H33IN4O3. The molecule has 8 heteroatoms. The molecule has 0 spiro atoms. The first kappa shape index (κ1) is 25.9. The molecule has 32 heavy (non-hydrogen) atoms. The number of carbonyl (C=O) groups excluding carboxylic acids is 1. The number of benzene rings is 2. The third kappa shape index (κ3) is 7.67. The lowest BCUT2D eigenvalue weighted by Gasteiger charge is -2.29. The highest BCUT2D eigenvalue weighted by molar-refractivity contribution is 14.0. The van der Waals surface area contributed by atoms with Crippen molar-refractivity contribution in [3.63, 3.8) is 0 Å². The molecule has 0 aliphatic carbocycles. The summed E-state index contributed by atoms with van der Waals surface area (Å²) in [5.74, 6) is 1.51. The fourth-order valence-corrected chi connectivity index (χ4v) is 3.42. The maximum atomic E-state index is 12.2. The molecular weight excluding hydrogens is 519 g/mol. The number of hydrogen-bond donors (Lipinski definition) is 2. The van der Waals surface area contributed by atoms with Crippen LogP contribution in [0.1, 0.15) is 31.4 Å². The van der Waals surface area contributed by atoms with Crippen molar-refractivity contribution in [2.24, 2.45) is 4.99 Å². The van der Waals surface area contributed by atoms with E-state index in [0.717, 1.165) is 36.8 Å². The first-order valence-corrected chi connectivity index (χ1v) is 10.8. The number of amides is 1. The molecule has 3 rings (SSSR count). The van der Waals surface area contributed by atoms with Gasteiger partial charge in [0.1, 0.15) is 5.75 Å². The van der Waals surface area contributed by atoms with Crippen molar-refractivity contribution in [3.05, 3.63) is 60.2 Å². The first-order chi connectivity index (χ1) is 15.2. The van der Waals surface area contributed by atoms with Crippen molar-refractivity contribution in [2.45, 2.75) is 25.9 Å². The van der Waals surface area contributed by atoms with E-state index in [1.807, 2.05) is 42.5 Å². The minimum absolute atomic E-state index is 0. The number of ether oxygens (including phenoxy) is 2. The van der Waals surface area contributed by atoms with Gasteiger partial charge in [0.15, 0.2) is 12.6 Å². The van der Waals surface area contributed by atoms with Crippen molar-refractivity contribution in [1.29, 1.82) is 0 Å². The van der Waals surface area contributed by atoms with E-state index in [0.29, 0.717) is 19.7 Å². The summed E-state index contributed by atoms with van der Waals surface area (Å²) < 4.78 is 11.4. The van der Waals surface area contributed by atoms with E-state index in [1.54, 1.807) is 11.9 Å². The van der Waals surface area contributed by atoms with Gasteiger partial charge in [-0.15, -0.1) is 24.0 Å². The second-order valence-electron chi connectivity index (χ2n) is 7.36. The van der Waals surface area contributed by atoms with Crippen molar-refractivity contribution in [2.75, 3.05) is 44.8 Å². The maximum Gasteiger partial charge on any atom is 0.265 e. The Morgan fingerprint density at radius 2 is 1.78 bits per heavy atom. The number of fused-ring (bicyclic) bond motifs is 1. The van der Waals surface area contributed by atoms with Crippen molar-refractivity contribution in [3.8, 4) is 5.75 Å². The van der Waals surface area contributed by atoms with Gasteiger partial charge >= 0.3 is 0 Å². The lowest BCUT2D eigenvalue weighted by Crippen LogP contribution is -2.42. The number of anilines is 1. The lowest BCUT2D eigenvalue weighted by atomic mass is 10.1. The van der Waals surface area contributed by atoms with Crippen LogP contribution in [0, 0.1) is 0 Å². The number of para-hydroxylation sites is 2.